The molecule has 4 rings (SSSR count). The minimum atomic E-state index is -1.07. The van der Waals surface area contributed by atoms with E-state index in [9.17, 15) is 20.2 Å². The van der Waals surface area contributed by atoms with E-state index in [1.54, 1.807) is 0 Å². The molecule has 0 bridgehead atoms. The van der Waals surface area contributed by atoms with Gasteiger partial charge in [-0.25, -0.2) is 0 Å². The van der Waals surface area contributed by atoms with Crippen molar-refractivity contribution in [2.45, 2.75) is 0 Å². The van der Waals surface area contributed by atoms with E-state index in [4.69, 9.17) is 23.2 Å². The van der Waals surface area contributed by atoms with Crippen molar-refractivity contribution in [3.63, 3.8) is 0 Å². The predicted octanol–water partition coefficient (Wildman–Crippen LogP) is -6.05. The van der Waals surface area contributed by atoms with Crippen LogP contribution in [0.15, 0.2) is 0 Å². The van der Waals surface area contributed by atoms with Gasteiger partial charge in [-0.1, -0.05) is 21.3 Å². The Morgan fingerprint density at radius 2 is 1.19 bits per heavy atom. The number of nitrogen functional groups attached to an aromatic ring is 4. The average Bonchev–Trinajstić information content (AvgIpc) is 3.49. The van der Waals surface area contributed by atoms with E-state index in [1.807, 2.05) is 0 Å². The van der Waals surface area contributed by atoms with Crippen LogP contribution in [0.1, 0.15) is 0 Å². The molecule has 0 saturated heterocycles. The van der Waals surface area contributed by atoms with Crippen LogP contribution in [0.5, 0.6) is 0 Å². The van der Waals surface area contributed by atoms with Crippen molar-refractivity contribution in [1.82, 2.24) is 61.0 Å². The first kappa shape index (κ1) is 20.7. The monoisotopic (exact) mass is 454 g/mol. The Kier molecular flexibility index (Phi) is 5.30. The van der Waals surface area contributed by atoms with Gasteiger partial charge in [0.2, 0.25) is 0 Å². The molecule has 0 aliphatic carbocycles. The summed E-state index contributed by atoms with van der Waals surface area (Å²) in [6.45, 7) is 0. The van der Waals surface area contributed by atoms with Gasteiger partial charge in [0.1, 0.15) is 0 Å². The zero-order valence-electron chi connectivity index (χ0n) is 15.1. The molecule has 0 spiro atoms. The second kappa shape index (κ2) is 8.18. The number of aromatic nitrogens is 14. The summed E-state index contributed by atoms with van der Waals surface area (Å²) in [4.78, 5) is 21.1. The van der Waals surface area contributed by atoms with E-state index in [1.165, 1.54) is 0 Å². The lowest BCUT2D eigenvalue weighted by Crippen LogP contribution is -2.53. The number of nitrogens with zero attached hydrogens (tertiary/aromatic N) is 16. The summed E-state index contributed by atoms with van der Waals surface area (Å²) in [7, 11) is 0. The Hall–Kier alpha value is -5.98. The second-order valence-electron chi connectivity index (χ2n) is 5.04. The fourth-order valence-corrected chi connectivity index (χ4v) is 1.89. The van der Waals surface area contributed by atoms with Crippen LogP contribution < -0.4 is 32.5 Å². The van der Waals surface area contributed by atoms with Crippen LogP contribution in [0.25, 0.3) is 34.4 Å². The first-order valence-electron chi connectivity index (χ1n) is 7.51. The van der Waals surface area contributed by atoms with Crippen LogP contribution in [0, 0.1) is 20.2 Å². The van der Waals surface area contributed by atoms with Gasteiger partial charge >= 0.3 is 35.2 Å². The van der Waals surface area contributed by atoms with Gasteiger partial charge < -0.3 is 31.7 Å². The molecule has 0 aromatic carbocycles. The number of aromatic amines is 2. The molecule has 0 fully saturated rings. The van der Waals surface area contributed by atoms with Gasteiger partial charge in [-0.05, 0) is 10.1 Å². The van der Waals surface area contributed by atoms with Crippen LogP contribution in [-0.2, 0) is 0 Å². The number of hydrogen-bond acceptors (Lipinski definition) is 16. The summed E-state index contributed by atoms with van der Waals surface area (Å²) < 4.78 is 2.24. The molecule has 26 heteroatoms. The molecule has 0 aliphatic heterocycles. The molecule has 0 radical (unpaired) electrons. The average molecular weight is 454 g/mol. The summed E-state index contributed by atoms with van der Waals surface area (Å²) in [5.74, 6) is 11.3. The number of hydrogen-bond donors (Lipinski definition) is 6. The van der Waals surface area contributed by atoms with Crippen molar-refractivity contribution < 1.29 is 19.4 Å². The minimum absolute atomic E-state index is 0.119. The summed E-state index contributed by atoms with van der Waals surface area (Å²) in [5, 5.41) is 49.9. The summed E-state index contributed by atoms with van der Waals surface area (Å²) >= 11 is 0. The van der Waals surface area contributed by atoms with E-state index in [2.05, 4.69) is 62.5 Å². The Bertz CT molecular complexity index is 1150. The quantitative estimate of drug-likeness (QED) is 0.0682. The van der Waals surface area contributed by atoms with E-state index in [-0.39, 0.29) is 23.5 Å². The highest BCUT2D eigenvalue weighted by Crippen LogP contribution is 2.14. The van der Waals surface area contributed by atoms with Crippen LogP contribution >= 0.6 is 0 Å². The van der Waals surface area contributed by atoms with Gasteiger partial charge in [0.05, 0.1) is 0 Å². The van der Waals surface area contributed by atoms with Crippen molar-refractivity contribution in [2.24, 2.45) is 0 Å². The number of anilines is 2. The molecular weight excluding hydrogens is 444 g/mol. The Morgan fingerprint density at radius 1 is 0.812 bits per heavy atom. The highest BCUT2D eigenvalue weighted by atomic mass is 16.7. The van der Waals surface area contributed by atoms with Gasteiger partial charge in [0.25, 0.3) is 0 Å². The topological polar surface area (TPSA) is 371 Å². The normalized spacial score (nSPS) is 10.2. The largest absolute Gasteiger partial charge is 0.396 e. The molecule has 4 heterocycles. The lowest BCUT2D eigenvalue weighted by atomic mass is 10.6. The number of nitrogens with two attached hydrogens (primary N) is 4. The minimum Gasteiger partial charge on any atom is -0.355 e. The molecule has 4 aromatic rings. The molecular formula is C6H10N22O4. The third-order valence-corrected chi connectivity index (χ3v) is 3.18. The maximum atomic E-state index is 10.2. The van der Waals surface area contributed by atoms with Crippen LogP contribution in [0.2, 0.25) is 0 Å². The summed E-state index contributed by atoms with van der Waals surface area (Å²) in [5.41, 5.74) is 16.4. The lowest BCUT2D eigenvalue weighted by Gasteiger charge is -2.05. The molecule has 26 nitrogen and oxygen atoms in total. The van der Waals surface area contributed by atoms with Gasteiger partial charge in [0, 0.05) is 10.2 Å². The Labute approximate surface area is 171 Å². The molecule has 0 amide bonds. The van der Waals surface area contributed by atoms with Gasteiger partial charge in [-0.2, -0.15) is 10.4 Å². The van der Waals surface area contributed by atoms with Crippen molar-refractivity contribution >= 4 is 11.9 Å². The van der Waals surface area contributed by atoms with E-state index < -0.39 is 10.1 Å². The maximum absolute atomic E-state index is 10.2. The van der Waals surface area contributed by atoms with Crippen molar-refractivity contribution in [3.8, 4) is 23.3 Å². The zero-order chi connectivity index (χ0) is 23.4. The van der Waals surface area contributed by atoms with Crippen molar-refractivity contribution in [1.29, 1.82) is 0 Å². The van der Waals surface area contributed by atoms with Crippen LogP contribution in [-0.4, -0.2) is 71.1 Å². The molecule has 168 valence electrons. The molecule has 0 saturated carbocycles. The smallest absolute Gasteiger partial charge is 0.355 e. The zero-order valence-corrected chi connectivity index (χ0v) is 15.1. The van der Waals surface area contributed by atoms with Gasteiger partial charge in [-0.3, -0.25) is 11.7 Å². The molecule has 10 N–H and O–H groups in total. The highest BCUT2D eigenvalue weighted by molar-refractivity contribution is 5.42. The fraction of sp³-hybridized carbons (Fsp3) is 0. The number of nitro groups is 2. The van der Waals surface area contributed by atoms with Gasteiger partial charge in [0.15, 0.2) is 0 Å². The van der Waals surface area contributed by atoms with Crippen molar-refractivity contribution in [2.75, 3.05) is 23.2 Å². The summed E-state index contributed by atoms with van der Waals surface area (Å²) in [6.07, 6.45) is 0. The van der Waals surface area contributed by atoms with E-state index in [0.717, 1.165) is 9.35 Å². The SMILES string of the molecule is Nc1n[nH]c(-c2[nH]nc(N)[n+]2N)[n+]1N.O=[N+]([O-])[N-]n1nnnc1-c1nnnn1[N-][N+](=O)[O-]. The lowest BCUT2D eigenvalue weighted by molar-refractivity contribution is -0.643. The predicted molar refractivity (Wildman–Crippen MR) is 91.8 cm³/mol. The Balaban J connectivity index is 0.000000186. The molecule has 0 unspecified atom stereocenters. The van der Waals surface area contributed by atoms with E-state index >= 15 is 0 Å². The van der Waals surface area contributed by atoms with Gasteiger partial charge in [-0.15, -0.1) is 39.6 Å². The third kappa shape index (κ3) is 4.06. The number of nitrogens with one attached hydrogen (secondary N) is 2. The second-order valence-corrected chi connectivity index (χ2v) is 5.04. The highest BCUT2D eigenvalue weighted by Gasteiger charge is 2.26. The summed E-state index contributed by atoms with van der Waals surface area (Å²) in [6, 6.07) is 0. The third-order valence-electron chi connectivity index (χ3n) is 3.18. The first-order chi connectivity index (χ1) is 15.2. The molecule has 0 aliphatic rings. The Morgan fingerprint density at radius 3 is 1.47 bits per heavy atom. The molecule has 0 atom stereocenters. The number of tetrazole rings is 2. The number of rotatable bonds is 6. The maximum Gasteiger partial charge on any atom is 0.396 e. The number of H-pyrrole nitrogens is 2. The first-order valence-corrected chi connectivity index (χ1v) is 7.51. The molecule has 4 aromatic heterocycles. The van der Waals surface area contributed by atoms with Crippen molar-refractivity contribution in [3.05, 3.63) is 31.3 Å². The standard InChI is InChI=1S/C4H8N10.C2N12O4/c5-3-11-9-1(13(3)7)2-10-12-4(6)14(2)8;15-13(16)9-11-1(3-5-7-11)2-4-6-8-12(2)10-14(17)18/h7-8H2,(H4,5,6,9,10,11,12);/q;-2/p+2. The molecule has 32 heavy (non-hydrogen) atoms. The van der Waals surface area contributed by atoms with Crippen LogP contribution in [0.4, 0.5) is 11.9 Å². The fourth-order valence-electron chi connectivity index (χ4n) is 1.89. The van der Waals surface area contributed by atoms with Crippen LogP contribution in [0.3, 0.4) is 0 Å². The van der Waals surface area contributed by atoms with E-state index in [0.29, 0.717) is 21.2 Å².